The molecule has 0 saturated heterocycles. The summed E-state index contributed by atoms with van der Waals surface area (Å²) in [5.74, 6) is -0.113. The van der Waals surface area contributed by atoms with Gasteiger partial charge in [-0.3, -0.25) is 0 Å². The van der Waals surface area contributed by atoms with Crippen LogP contribution < -0.4 is 14.2 Å². The number of rotatable bonds is 12. The Bertz CT molecular complexity index is 1320. The molecule has 6 nitrogen and oxygen atoms in total. The summed E-state index contributed by atoms with van der Waals surface area (Å²) in [4.78, 5) is 0.201. The average Bonchev–Trinajstić information content (AvgIpc) is 2.90. The van der Waals surface area contributed by atoms with Crippen molar-refractivity contribution < 1.29 is 17.9 Å². The summed E-state index contributed by atoms with van der Waals surface area (Å²) < 4.78 is 41.6. The topological polar surface area (TPSA) is 88.4 Å². The summed E-state index contributed by atoms with van der Waals surface area (Å²) in [6.45, 7) is 3.98. The number of hydrogen-bond donors (Lipinski definition) is 1. The van der Waals surface area contributed by atoms with Crippen molar-refractivity contribution >= 4 is 26.0 Å². The van der Waals surface area contributed by atoms with Crippen LogP contribution in [-0.2, 0) is 10.0 Å². The normalized spacial score (nSPS) is 13.8. The molecule has 0 aliphatic carbocycles. The highest BCUT2D eigenvalue weighted by Gasteiger charge is 2.36. The molecule has 0 saturated carbocycles. The summed E-state index contributed by atoms with van der Waals surface area (Å²) >= 11 is 3.61. The van der Waals surface area contributed by atoms with E-state index in [1.54, 1.807) is 50.6 Å². The second-order valence-electron chi connectivity index (χ2n) is 8.96. The molecule has 3 aromatic rings. The van der Waals surface area contributed by atoms with Crippen molar-refractivity contribution in [3.8, 4) is 17.6 Å². The van der Waals surface area contributed by atoms with E-state index in [0.29, 0.717) is 28.0 Å². The van der Waals surface area contributed by atoms with Crippen LogP contribution >= 0.6 is 15.9 Å². The zero-order valence-electron chi connectivity index (χ0n) is 21.6. The van der Waals surface area contributed by atoms with Gasteiger partial charge in [-0.1, -0.05) is 83.7 Å². The minimum Gasteiger partial charge on any atom is -0.493 e. The predicted molar refractivity (Wildman–Crippen MR) is 150 cm³/mol. The molecular weight excluding hydrogens is 552 g/mol. The summed E-state index contributed by atoms with van der Waals surface area (Å²) in [6, 6.07) is 21.9. The second kappa shape index (κ2) is 13.1. The monoisotopic (exact) mass is 584 g/mol. The minimum absolute atomic E-state index is 0.201. The van der Waals surface area contributed by atoms with Crippen LogP contribution in [0, 0.1) is 18.3 Å². The summed E-state index contributed by atoms with van der Waals surface area (Å²) in [5.41, 5.74) is 2.56. The summed E-state index contributed by atoms with van der Waals surface area (Å²) in [7, 11) is -0.731. The third-order valence-corrected chi connectivity index (χ3v) is 8.65. The number of nitriles is 1. The second-order valence-corrected chi connectivity index (χ2v) is 11.5. The van der Waals surface area contributed by atoms with E-state index >= 15 is 0 Å². The standard InChI is InChI=1S/C29H33BrN2O4S/c1-5-6-12-26(32-37(33,34)22-15-13-20(2)14-16-22)29(21-10-8-7-9-11-21)24(19-31)23-17-27(35-3)28(36-4)18-25(23)30/h7-11,13-18,24,26,29,32H,5-6,12H2,1-4H3/t24-,26+,29+/m1/s1. The van der Waals surface area contributed by atoms with E-state index in [9.17, 15) is 13.7 Å². The van der Waals surface area contributed by atoms with Crippen molar-refractivity contribution in [1.82, 2.24) is 4.72 Å². The largest absolute Gasteiger partial charge is 0.493 e. The Labute approximate surface area is 228 Å². The van der Waals surface area contributed by atoms with Crippen LogP contribution in [0.25, 0.3) is 0 Å². The molecule has 1 N–H and O–H groups in total. The van der Waals surface area contributed by atoms with Crippen LogP contribution in [0.2, 0.25) is 0 Å². The minimum atomic E-state index is -3.83. The average molecular weight is 586 g/mol. The molecule has 0 amide bonds. The molecule has 0 aliphatic heterocycles. The van der Waals surface area contributed by atoms with Gasteiger partial charge in [0.1, 0.15) is 0 Å². The molecular formula is C29H33BrN2O4S. The Balaban J connectivity index is 2.16. The van der Waals surface area contributed by atoms with Gasteiger partial charge < -0.3 is 9.47 Å². The maximum atomic E-state index is 13.5. The predicted octanol–water partition coefficient (Wildman–Crippen LogP) is 6.70. The van der Waals surface area contributed by atoms with Crippen molar-refractivity contribution in [2.45, 2.75) is 55.9 Å². The first-order valence-corrected chi connectivity index (χ1v) is 14.5. The number of hydrogen-bond acceptors (Lipinski definition) is 5. The Morgan fingerprint density at radius 3 is 2.19 bits per heavy atom. The molecule has 0 radical (unpaired) electrons. The van der Waals surface area contributed by atoms with Crippen molar-refractivity contribution in [3.05, 3.63) is 87.9 Å². The van der Waals surface area contributed by atoms with Gasteiger partial charge in [0, 0.05) is 16.4 Å². The van der Waals surface area contributed by atoms with Gasteiger partial charge in [-0.25, -0.2) is 13.1 Å². The highest BCUT2D eigenvalue weighted by Crippen LogP contribution is 2.44. The lowest BCUT2D eigenvalue weighted by atomic mass is 9.76. The number of nitrogens with one attached hydrogen (secondary N) is 1. The first kappa shape index (κ1) is 28.7. The Morgan fingerprint density at radius 1 is 1.00 bits per heavy atom. The van der Waals surface area contributed by atoms with E-state index in [4.69, 9.17) is 9.47 Å². The lowest BCUT2D eigenvalue weighted by molar-refractivity contribution is 0.353. The molecule has 0 fully saturated rings. The fraction of sp³-hybridized carbons (Fsp3) is 0.345. The van der Waals surface area contributed by atoms with Gasteiger partial charge in [0.05, 0.1) is 31.1 Å². The summed E-state index contributed by atoms with van der Waals surface area (Å²) in [6.07, 6.45) is 2.27. The molecule has 8 heteroatoms. The van der Waals surface area contributed by atoms with Gasteiger partial charge in [-0.05, 0) is 48.7 Å². The molecule has 0 heterocycles. The van der Waals surface area contributed by atoms with Crippen LogP contribution in [0.4, 0.5) is 0 Å². The van der Waals surface area contributed by atoms with Gasteiger partial charge in [0.15, 0.2) is 11.5 Å². The number of benzene rings is 3. The molecule has 3 atom stereocenters. The zero-order valence-corrected chi connectivity index (χ0v) is 24.0. The van der Waals surface area contributed by atoms with Gasteiger partial charge in [-0.2, -0.15) is 5.26 Å². The Kier molecular flexibility index (Phi) is 10.2. The molecule has 0 spiro atoms. The van der Waals surface area contributed by atoms with E-state index in [1.165, 1.54) is 0 Å². The van der Waals surface area contributed by atoms with E-state index in [-0.39, 0.29) is 4.90 Å². The van der Waals surface area contributed by atoms with Crippen LogP contribution in [0.15, 0.2) is 76.1 Å². The number of sulfonamides is 1. The molecule has 3 aromatic carbocycles. The lowest BCUT2D eigenvalue weighted by Crippen LogP contribution is -2.41. The quantitative estimate of drug-likeness (QED) is 0.256. The van der Waals surface area contributed by atoms with Gasteiger partial charge in [0.25, 0.3) is 0 Å². The summed E-state index contributed by atoms with van der Waals surface area (Å²) in [5, 5.41) is 10.5. The highest BCUT2D eigenvalue weighted by molar-refractivity contribution is 9.10. The fourth-order valence-corrected chi connectivity index (χ4v) is 6.37. The Morgan fingerprint density at radius 2 is 1.62 bits per heavy atom. The lowest BCUT2D eigenvalue weighted by Gasteiger charge is -2.32. The molecule has 0 aromatic heterocycles. The van der Waals surface area contributed by atoms with Crippen LogP contribution in [0.3, 0.4) is 0 Å². The first-order chi connectivity index (χ1) is 17.7. The number of nitrogens with zero attached hydrogens (tertiary/aromatic N) is 1. The number of ether oxygens (including phenoxy) is 2. The van der Waals surface area contributed by atoms with Crippen molar-refractivity contribution in [1.29, 1.82) is 5.26 Å². The number of aryl methyl sites for hydroxylation is 1. The van der Waals surface area contributed by atoms with Crippen molar-refractivity contribution in [2.24, 2.45) is 0 Å². The fourth-order valence-electron chi connectivity index (χ4n) is 4.50. The maximum absolute atomic E-state index is 13.5. The molecule has 196 valence electrons. The van der Waals surface area contributed by atoms with Crippen LogP contribution in [0.5, 0.6) is 11.5 Å². The molecule has 0 unspecified atom stereocenters. The van der Waals surface area contributed by atoms with Crippen LogP contribution in [0.1, 0.15) is 54.7 Å². The molecule has 3 rings (SSSR count). The smallest absolute Gasteiger partial charge is 0.240 e. The van der Waals surface area contributed by atoms with Crippen LogP contribution in [-0.4, -0.2) is 28.7 Å². The van der Waals surface area contributed by atoms with Crippen molar-refractivity contribution in [2.75, 3.05) is 14.2 Å². The third-order valence-electron chi connectivity index (χ3n) is 6.46. The van der Waals surface area contributed by atoms with E-state index in [1.807, 2.05) is 37.3 Å². The SMILES string of the molecule is CCCC[C@H](NS(=O)(=O)c1ccc(C)cc1)[C@@H](c1ccccc1)[C@H](C#N)c1cc(OC)c(OC)cc1Br. The third kappa shape index (κ3) is 6.92. The first-order valence-electron chi connectivity index (χ1n) is 12.2. The van der Waals surface area contributed by atoms with E-state index < -0.39 is 27.9 Å². The number of unbranched alkanes of at least 4 members (excludes halogenated alkanes) is 1. The molecule has 0 aliphatic rings. The number of methoxy groups -OCH3 is 2. The van der Waals surface area contributed by atoms with Gasteiger partial charge in [-0.15, -0.1) is 0 Å². The highest BCUT2D eigenvalue weighted by atomic mass is 79.9. The maximum Gasteiger partial charge on any atom is 0.240 e. The van der Waals surface area contributed by atoms with E-state index in [0.717, 1.165) is 24.0 Å². The zero-order chi connectivity index (χ0) is 27.0. The van der Waals surface area contributed by atoms with E-state index in [2.05, 4.69) is 33.6 Å². The molecule has 37 heavy (non-hydrogen) atoms. The van der Waals surface area contributed by atoms with Gasteiger partial charge >= 0.3 is 0 Å². The van der Waals surface area contributed by atoms with Crippen molar-refractivity contribution in [3.63, 3.8) is 0 Å². The molecule has 0 bridgehead atoms. The Hall–Kier alpha value is -2.86. The number of halogens is 1. The van der Waals surface area contributed by atoms with Gasteiger partial charge in [0.2, 0.25) is 10.0 Å².